The van der Waals surface area contributed by atoms with E-state index >= 15 is 0 Å². The van der Waals surface area contributed by atoms with E-state index in [9.17, 15) is 0 Å². The predicted molar refractivity (Wildman–Crippen MR) is 268 cm³/mol. The van der Waals surface area contributed by atoms with E-state index in [4.69, 9.17) is 0 Å². The van der Waals surface area contributed by atoms with Crippen molar-refractivity contribution in [1.29, 1.82) is 0 Å². The quantitative estimate of drug-likeness (QED) is 0.164. The van der Waals surface area contributed by atoms with Crippen molar-refractivity contribution in [1.82, 2.24) is 0 Å². The fourth-order valence-electron chi connectivity index (χ4n) is 10.7. The molecule has 0 atom stereocenters. The van der Waals surface area contributed by atoms with Crippen molar-refractivity contribution < 1.29 is 0 Å². The van der Waals surface area contributed by atoms with Crippen LogP contribution in [0, 0.1) is 20.8 Å². The van der Waals surface area contributed by atoms with Crippen molar-refractivity contribution >= 4 is 78.0 Å². The third-order valence-electron chi connectivity index (χ3n) is 14.5. The number of hydrogen-bond acceptors (Lipinski definition) is 3. The number of aryl methyl sites for hydroxylation is 3. The first kappa shape index (κ1) is 40.0. The van der Waals surface area contributed by atoms with Gasteiger partial charge >= 0.3 is 0 Å². The Hall–Kier alpha value is -5.06. The van der Waals surface area contributed by atoms with Gasteiger partial charge in [-0.2, -0.15) is 0 Å². The third-order valence-corrected chi connectivity index (χ3v) is 15.7. The number of anilines is 6. The van der Waals surface area contributed by atoms with E-state index < -0.39 is 0 Å². The van der Waals surface area contributed by atoms with Crippen molar-refractivity contribution in [2.45, 2.75) is 125 Å². The molecule has 0 fully saturated rings. The van der Waals surface area contributed by atoms with Gasteiger partial charge in [-0.3, -0.25) is 0 Å². The van der Waals surface area contributed by atoms with Gasteiger partial charge < -0.3 is 9.80 Å². The highest BCUT2D eigenvalue weighted by molar-refractivity contribution is 7.33. The van der Waals surface area contributed by atoms with Crippen LogP contribution >= 0.6 is 11.3 Å². The van der Waals surface area contributed by atoms with E-state index in [1.807, 2.05) is 11.3 Å². The molecule has 61 heavy (non-hydrogen) atoms. The summed E-state index contributed by atoms with van der Waals surface area (Å²) in [5.74, 6) is 0. The van der Waals surface area contributed by atoms with Crippen LogP contribution in [-0.4, -0.2) is 6.71 Å². The molecule has 10 rings (SSSR count). The molecule has 0 spiro atoms. The first-order valence-corrected chi connectivity index (χ1v) is 23.3. The number of fused-ring (bicyclic) bond motifs is 7. The van der Waals surface area contributed by atoms with Crippen LogP contribution in [0.4, 0.5) is 34.1 Å². The molecule has 3 heterocycles. The fourth-order valence-corrected chi connectivity index (χ4v) is 12.1. The molecule has 2 aliphatic heterocycles. The second kappa shape index (κ2) is 13.5. The highest BCUT2D eigenvalue weighted by Crippen LogP contribution is 2.53. The molecular weight excluding hydrogens is 756 g/mol. The van der Waals surface area contributed by atoms with E-state index in [1.54, 1.807) is 0 Å². The SMILES string of the molecule is Cc1cc2c3c(c1)N(c1ccc(C(C)(C)C)cc1)c1c(sc4cc5c(cc14)C(C)(C)CCC5(C)C)B3c1ccc(-c3ccccc3C)cc1N2c1ccc(C(C)(C)C)cc1C. The molecule has 0 bridgehead atoms. The van der Waals surface area contributed by atoms with Crippen LogP contribution in [0.5, 0.6) is 0 Å². The molecule has 7 aromatic rings. The highest BCUT2D eigenvalue weighted by atomic mass is 32.1. The third kappa shape index (κ3) is 6.25. The Labute approximate surface area is 369 Å². The number of hydrogen-bond donors (Lipinski definition) is 0. The molecule has 0 N–H and O–H groups in total. The highest BCUT2D eigenvalue weighted by Gasteiger charge is 2.47. The molecule has 0 saturated heterocycles. The van der Waals surface area contributed by atoms with Crippen LogP contribution in [0.2, 0.25) is 0 Å². The zero-order valence-electron chi connectivity index (χ0n) is 38.7. The second-order valence-electron chi connectivity index (χ2n) is 21.9. The summed E-state index contributed by atoms with van der Waals surface area (Å²) in [7, 11) is 0. The van der Waals surface area contributed by atoms with Crippen LogP contribution < -0.4 is 25.5 Å². The maximum absolute atomic E-state index is 2.65. The Kier molecular flexibility index (Phi) is 8.84. The van der Waals surface area contributed by atoms with Gasteiger partial charge in [0.2, 0.25) is 0 Å². The van der Waals surface area contributed by atoms with Crippen molar-refractivity contribution in [2.75, 3.05) is 9.80 Å². The van der Waals surface area contributed by atoms with Crippen LogP contribution in [0.1, 0.15) is 121 Å². The lowest BCUT2D eigenvalue weighted by Crippen LogP contribution is -2.60. The zero-order chi connectivity index (χ0) is 43.1. The topological polar surface area (TPSA) is 6.48 Å². The first-order valence-electron chi connectivity index (χ1n) is 22.5. The number of thiophene rings is 1. The van der Waals surface area contributed by atoms with Gasteiger partial charge in [0.05, 0.1) is 5.69 Å². The van der Waals surface area contributed by atoms with Gasteiger partial charge in [0.15, 0.2) is 0 Å². The minimum absolute atomic E-state index is 0.0545. The normalized spacial score (nSPS) is 16.3. The lowest BCUT2D eigenvalue weighted by Gasteiger charge is -2.44. The van der Waals surface area contributed by atoms with Gasteiger partial charge in [0.1, 0.15) is 0 Å². The summed E-state index contributed by atoms with van der Waals surface area (Å²) in [6.45, 7) is 30.7. The summed E-state index contributed by atoms with van der Waals surface area (Å²) in [6.07, 6.45) is 2.40. The number of rotatable bonds is 3. The molecule has 2 nitrogen and oxygen atoms in total. The van der Waals surface area contributed by atoms with Crippen molar-refractivity contribution in [3.8, 4) is 11.1 Å². The molecule has 6 aromatic carbocycles. The molecule has 308 valence electrons. The summed E-state index contributed by atoms with van der Waals surface area (Å²) in [6, 6.07) is 43.0. The standard InChI is InChI=1S/C57H61BN2S/c1-34-28-48-51-49(29-34)60(46-25-21-39(30-36(46)3)55(7,8)9)47-31-37(41-17-15-14-16-35(41)2)18-24-45(47)58(51)53-52(59(48)40-22-19-38(20-23-40)54(4,5)6)42-32-43-44(33-50(42)61-53)57(12,13)27-26-56(43,10)11/h14-25,28-33H,26-27H2,1-13H3. The van der Waals surface area contributed by atoms with Gasteiger partial charge in [-0.05, 0) is 165 Å². The van der Waals surface area contributed by atoms with Crippen LogP contribution in [-0.2, 0) is 21.7 Å². The van der Waals surface area contributed by atoms with E-state index in [1.165, 1.54) is 123 Å². The van der Waals surface area contributed by atoms with Crippen LogP contribution in [0.3, 0.4) is 0 Å². The van der Waals surface area contributed by atoms with Crippen LogP contribution in [0.25, 0.3) is 21.2 Å². The smallest absolute Gasteiger partial charge is 0.264 e. The Morgan fingerprint density at radius 2 is 1.20 bits per heavy atom. The predicted octanol–water partition coefficient (Wildman–Crippen LogP) is 14.5. The Bertz CT molecular complexity index is 2930. The Balaban J connectivity index is 1.31. The van der Waals surface area contributed by atoms with Crippen molar-refractivity contribution in [2.24, 2.45) is 0 Å². The summed E-state index contributed by atoms with van der Waals surface area (Å²) >= 11 is 2.03. The average Bonchev–Trinajstić information content (AvgIpc) is 3.57. The molecule has 0 saturated carbocycles. The molecular formula is C57H61BN2S. The van der Waals surface area contributed by atoms with Gasteiger partial charge in [0.25, 0.3) is 6.71 Å². The molecule has 0 radical (unpaired) electrons. The molecule has 4 heteroatoms. The second-order valence-corrected chi connectivity index (χ2v) is 23.0. The van der Waals surface area contributed by atoms with E-state index in [-0.39, 0.29) is 28.4 Å². The maximum atomic E-state index is 2.65. The average molecular weight is 817 g/mol. The summed E-state index contributed by atoms with van der Waals surface area (Å²) < 4.78 is 2.83. The van der Waals surface area contributed by atoms with E-state index in [0.717, 1.165) is 0 Å². The van der Waals surface area contributed by atoms with E-state index in [0.29, 0.717) is 0 Å². The molecule has 0 amide bonds. The van der Waals surface area contributed by atoms with Crippen LogP contribution in [0.15, 0.2) is 109 Å². The molecule has 1 aliphatic carbocycles. The Morgan fingerprint density at radius 1 is 0.574 bits per heavy atom. The number of nitrogens with zero attached hydrogens (tertiary/aromatic N) is 2. The fraction of sp³-hybridized carbons (Fsp3) is 0.333. The van der Waals surface area contributed by atoms with Crippen molar-refractivity contribution in [3.63, 3.8) is 0 Å². The number of benzene rings is 6. The van der Waals surface area contributed by atoms with Gasteiger partial charge in [-0.15, -0.1) is 11.3 Å². The largest absolute Gasteiger partial charge is 0.311 e. The summed E-state index contributed by atoms with van der Waals surface area (Å²) in [5.41, 5.74) is 22.9. The zero-order valence-corrected chi connectivity index (χ0v) is 39.5. The van der Waals surface area contributed by atoms with Crippen molar-refractivity contribution in [3.05, 3.63) is 148 Å². The molecule has 3 aliphatic rings. The van der Waals surface area contributed by atoms with Gasteiger partial charge in [-0.25, -0.2) is 0 Å². The lowest BCUT2D eigenvalue weighted by molar-refractivity contribution is 0.332. The van der Waals surface area contributed by atoms with Gasteiger partial charge in [-0.1, -0.05) is 130 Å². The van der Waals surface area contributed by atoms with Gasteiger partial charge in [0, 0.05) is 43.3 Å². The monoisotopic (exact) mass is 816 g/mol. The lowest BCUT2D eigenvalue weighted by atomic mass is 9.36. The van der Waals surface area contributed by atoms with E-state index in [2.05, 4.69) is 209 Å². The molecule has 1 aromatic heterocycles. The minimum Gasteiger partial charge on any atom is -0.311 e. The molecule has 0 unspecified atom stereocenters. The summed E-state index contributed by atoms with van der Waals surface area (Å²) in [4.78, 5) is 5.26. The maximum Gasteiger partial charge on any atom is 0.264 e. The first-order chi connectivity index (χ1) is 28.7. The Morgan fingerprint density at radius 3 is 1.84 bits per heavy atom. The minimum atomic E-state index is 0.0545. The summed E-state index contributed by atoms with van der Waals surface area (Å²) in [5, 5.41) is 1.38.